The summed E-state index contributed by atoms with van der Waals surface area (Å²) in [5, 5.41) is 2.80. The number of nitrogens with one attached hydrogen (secondary N) is 1. The van der Waals surface area contributed by atoms with E-state index in [0.717, 1.165) is 44.3 Å². The molecule has 0 saturated heterocycles. The predicted octanol–water partition coefficient (Wildman–Crippen LogP) is 3.01. The van der Waals surface area contributed by atoms with E-state index in [-0.39, 0.29) is 24.9 Å². The second-order valence-corrected chi connectivity index (χ2v) is 8.48. The molecule has 1 aromatic carbocycles. The number of sulfonamides is 1. The van der Waals surface area contributed by atoms with Gasteiger partial charge in [-0.3, -0.25) is 4.79 Å². The summed E-state index contributed by atoms with van der Waals surface area (Å²) in [7, 11) is -1.74. The molecule has 1 fully saturated rings. The molecule has 0 unspecified atom stereocenters. The van der Waals surface area contributed by atoms with Crippen molar-refractivity contribution in [1.82, 2.24) is 4.31 Å². The molecule has 0 radical (unpaired) electrons. The van der Waals surface area contributed by atoms with Gasteiger partial charge in [0.2, 0.25) is 15.9 Å². The molecule has 6 nitrogen and oxygen atoms in total. The molecule has 1 aliphatic rings. The van der Waals surface area contributed by atoms with Crippen LogP contribution in [0.25, 0.3) is 0 Å². The van der Waals surface area contributed by atoms with Crippen LogP contribution in [-0.4, -0.2) is 44.6 Å². The van der Waals surface area contributed by atoms with Gasteiger partial charge in [-0.25, -0.2) is 8.42 Å². The largest absolute Gasteiger partial charge is 0.497 e. The van der Waals surface area contributed by atoms with E-state index in [1.54, 1.807) is 31.4 Å². The Morgan fingerprint density at radius 1 is 1.16 bits per heavy atom. The van der Waals surface area contributed by atoms with E-state index >= 15 is 0 Å². The predicted molar refractivity (Wildman–Crippen MR) is 99.3 cm³/mol. The van der Waals surface area contributed by atoms with Crippen LogP contribution in [0.2, 0.25) is 0 Å². The maximum absolute atomic E-state index is 12.2. The van der Waals surface area contributed by atoms with Gasteiger partial charge in [-0.2, -0.15) is 4.31 Å². The Morgan fingerprint density at radius 2 is 1.76 bits per heavy atom. The average Bonchev–Trinajstić information content (AvgIpc) is 2.84. The van der Waals surface area contributed by atoms with Crippen molar-refractivity contribution in [2.75, 3.05) is 25.2 Å². The van der Waals surface area contributed by atoms with Gasteiger partial charge in [0.05, 0.1) is 13.4 Å². The highest BCUT2D eigenvalue weighted by molar-refractivity contribution is 7.88. The number of hydrogen-bond donors (Lipinski definition) is 1. The summed E-state index contributed by atoms with van der Waals surface area (Å²) in [5.74, 6) is 0.530. The molecule has 0 heterocycles. The van der Waals surface area contributed by atoms with Gasteiger partial charge in [0.15, 0.2) is 0 Å². The van der Waals surface area contributed by atoms with Crippen LogP contribution in [0, 0.1) is 0 Å². The first-order valence-corrected chi connectivity index (χ1v) is 10.7. The van der Waals surface area contributed by atoms with Crippen LogP contribution < -0.4 is 10.1 Å². The lowest BCUT2D eigenvalue weighted by Crippen LogP contribution is -2.41. The number of methoxy groups -OCH3 is 1. The highest BCUT2D eigenvalue weighted by atomic mass is 32.2. The molecule has 1 aliphatic carbocycles. The SMILES string of the molecule is COc1ccc(NC(=O)CCN(C2CCCCCC2)S(C)(=O)=O)cc1. The van der Waals surface area contributed by atoms with Gasteiger partial charge < -0.3 is 10.1 Å². The average molecular weight is 368 g/mol. The highest BCUT2D eigenvalue weighted by Gasteiger charge is 2.27. The number of hydrogen-bond acceptors (Lipinski definition) is 4. The van der Waals surface area contributed by atoms with Gasteiger partial charge in [-0.15, -0.1) is 0 Å². The zero-order valence-electron chi connectivity index (χ0n) is 15.0. The fourth-order valence-electron chi connectivity index (χ4n) is 3.27. The Bertz CT molecular complexity index is 650. The lowest BCUT2D eigenvalue weighted by atomic mass is 10.1. The van der Waals surface area contributed by atoms with Crippen LogP contribution in [0.5, 0.6) is 5.75 Å². The summed E-state index contributed by atoms with van der Waals surface area (Å²) in [4.78, 5) is 12.2. The van der Waals surface area contributed by atoms with Crippen molar-refractivity contribution in [3.63, 3.8) is 0 Å². The topological polar surface area (TPSA) is 75.7 Å². The van der Waals surface area contributed by atoms with Crippen molar-refractivity contribution in [2.24, 2.45) is 0 Å². The van der Waals surface area contributed by atoms with Gasteiger partial charge in [0.25, 0.3) is 0 Å². The van der Waals surface area contributed by atoms with Crippen molar-refractivity contribution in [2.45, 2.75) is 51.0 Å². The second kappa shape index (κ2) is 9.20. The van der Waals surface area contributed by atoms with Crippen LogP contribution in [0.3, 0.4) is 0 Å². The number of carbonyl (C=O) groups excluding carboxylic acids is 1. The Hall–Kier alpha value is -1.60. The number of carbonyl (C=O) groups is 1. The zero-order chi connectivity index (χ0) is 18.3. The van der Waals surface area contributed by atoms with E-state index in [2.05, 4.69) is 5.32 Å². The van der Waals surface area contributed by atoms with E-state index in [9.17, 15) is 13.2 Å². The lowest BCUT2D eigenvalue weighted by molar-refractivity contribution is -0.116. The number of benzene rings is 1. The van der Waals surface area contributed by atoms with Crippen LogP contribution >= 0.6 is 0 Å². The third-order valence-corrected chi connectivity index (χ3v) is 5.92. The molecule has 25 heavy (non-hydrogen) atoms. The minimum atomic E-state index is -3.32. The van der Waals surface area contributed by atoms with Crippen molar-refractivity contribution in [3.05, 3.63) is 24.3 Å². The maximum atomic E-state index is 12.2. The summed E-state index contributed by atoms with van der Waals surface area (Å²) >= 11 is 0. The van der Waals surface area contributed by atoms with E-state index in [1.165, 1.54) is 10.6 Å². The molecule has 0 aromatic heterocycles. The third-order valence-electron chi connectivity index (χ3n) is 4.59. The summed E-state index contributed by atoms with van der Waals surface area (Å²) in [6.45, 7) is 0.228. The molecule has 1 N–H and O–H groups in total. The van der Waals surface area contributed by atoms with Crippen LogP contribution in [0.1, 0.15) is 44.9 Å². The minimum absolute atomic E-state index is 0.0197. The summed E-state index contributed by atoms with van der Waals surface area (Å²) in [5.41, 5.74) is 0.672. The summed E-state index contributed by atoms with van der Waals surface area (Å²) < 4.78 is 30.9. The standard InChI is InChI=1S/C18H28N2O4S/c1-24-17-11-9-15(10-12-17)19-18(21)13-14-20(25(2,22)23)16-7-5-3-4-6-8-16/h9-12,16H,3-8,13-14H2,1-2H3,(H,19,21). The molecule has 0 bridgehead atoms. The first-order chi connectivity index (χ1) is 11.9. The van der Waals surface area contributed by atoms with Crippen LogP contribution in [-0.2, 0) is 14.8 Å². The van der Waals surface area contributed by atoms with Crippen molar-refractivity contribution >= 4 is 21.6 Å². The maximum Gasteiger partial charge on any atom is 0.225 e. The minimum Gasteiger partial charge on any atom is -0.497 e. The fraction of sp³-hybridized carbons (Fsp3) is 0.611. The molecular formula is C18H28N2O4S. The molecule has 1 saturated carbocycles. The normalized spacial score (nSPS) is 16.4. The summed E-state index contributed by atoms with van der Waals surface area (Å²) in [6.07, 6.45) is 7.57. The number of anilines is 1. The van der Waals surface area contributed by atoms with E-state index < -0.39 is 10.0 Å². The highest BCUT2D eigenvalue weighted by Crippen LogP contribution is 2.24. The first kappa shape index (κ1) is 19.7. The molecule has 7 heteroatoms. The molecular weight excluding hydrogens is 340 g/mol. The van der Waals surface area contributed by atoms with Gasteiger partial charge in [-0.1, -0.05) is 25.7 Å². The van der Waals surface area contributed by atoms with E-state index in [0.29, 0.717) is 5.69 Å². The second-order valence-electron chi connectivity index (χ2n) is 6.55. The smallest absolute Gasteiger partial charge is 0.225 e. The third kappa shape index (κ3) is 6.32. The number of nitrogens with zero attached hydrogens (tertiary/aromatic N) is 1. The Kier molecular flexibility index (Phi) is 7.25. The Morgan fingerprint density at radius 3 is 2.28 bits per heavy atom. The molecule has 1 amide bonds. The number of ether oxygens (including phenoxy) is 1. The van der Waals surface area contributed by atoms with Gasteiger partial charge in [0.1, 0.15) is 5.75 Å². The number of amides is 1. The van der Waals surface area contributed by atoms with Crippen LogP contribution in [0.4, 0.5) is 5.69 Å². The van der Waals surface area contributed by atoms with Crippen molar-refractivity contribution in [3.8, 4) is 5.75 Å². The quantitative estimate of drug-likeness (QED) is 0.751. The molecule has 0 spiro atoms. The molecule has 140 valence electrons. The lowest BCUT2D eigenvalue weighted by Gasteiger charge is -2.28. The van der Waals surface area contributed by atoms with Crippen molar-refractivity contribution < 1.29 is 17.9 Å². The van der Waals surface area contributed by atoms with Gasteiger partial charge in [-0.05, 0) is 37.1 Å². The Labute approximate surface area is 150 Å². The molecule has 1 aromatic rings. The molecule has 0 atom stereocenters. The summed E-state index contributed by atoms with van der Waals surface area (Å²) in [6, 6.07) is 7.08. The molecule has 2 rings (SSSR count). The van der Waals surface area contributed by atoms with E-state index in [1.807, 2.05) is 0 Å². The van der Waals surface area contributed by atoms with Gasteiger partial charge in [0, 0.05) is 24.7 Å². The van der Waals surface area contributed by atoms with Crippen molar-refractivity contribution in [1.29, 1.82) is 0 Å². The van der Waals surface area contributed by atoms with Gasteiger partial charge >= 0.3 is 0 Å². The fourth-order valence-corrected chi connectivity index (χ4v) is 4.45. The molecule has 0 aliphatic heterocycles. The monoisotopic (exact) mass is 368 g/mol. The van der Waals surface area contributed by atoms with Crippen LogP contribution in [0.15, 0.2) is 24.3 Å². The zero-order valence-corrected chi connectivity index (χ0v) is 15.8. The Balaban J connectivity index is 1.93. The van der Waals surface area contributed by atoms with E-state index in [4.69, 9.17) is 4.74 Å². The first-order valence-electron chi connectivity index (χ1n) is 8.81. The number of rotatable bonds is 7.